The van der Waals surface area contributed by atoms with Crippen molar-refractivity contribution in [2.45, 2.75) is 90.2 Å². The molecule has 2 aliphatic carbocycles. The molecule has 1 amide bonds. The van der Waals surface area contributed by atoms with E-state index in [1.807, 2.05) is 6.07 Å². The Hall–Kier alpha value is -4.16. The van der Waals surface area contributed by atoms with Gasteiger partial charge in [-0.2, -0.15) is 26.3 Å². The Morgan fingerprint density at radius 1 is 1.00 bits per heavy atom. The molecule has 262 valence electrons. The lowest BCUT2D eigenvalue weighted by molar-refractivity contribution is -0.143. The van der Waals surface area contributed by atoms with Gasteiger partial charge < -0.3 is 19.7 Å². The van der Waals surface area contributed by atoms with Crippen molar-refractivity contribution in [2.75, 3.05) is 13.7 Å². The van der Waals surface area contributed by atoms with Crippen molar-refractivity contribution in [2.24, 2.45) is 5.41 Å². The van der Waals surface area contributed by atoms with E-state index < -0.39 is 47.9 Å². The number of carboxylic acid groups (broad SMARTS) is 2. The third kappa shape index (κ3) is 8.65. The summed E-state index contributed by atoms with van der Waals surface area (Å²) in [6.45, 7) is 6.00. The highest BCUT2D eigenvalue weighted by Gasteiger charge is 2.44. The fourth-order valence-electron chi connectivity index (χ4n) is 6.64. The Bertz CT molecular complexity index is 1560. The van der Waals surface area contributed by atoms with Crippen molar-refractivity contribution in [1.29, 1.82) is 0 Å². The van der Waals surface area contributed by atoms with Gasteiger partial charge in [0.1, 0.15) is 11.9 Å². The van der Waals surface area contributed by atoms with Gasteiger partial charge in [0.2, 0.25) is 0 Å². The lowest BCUT2D eigenvalue weighted by atomic mass is 9.72. The highest BCUT2D eigenvalue weighted by atomic mass is 19.4. The van der Waals surface area contributed by atoms with Crippen LogP contribution in [0.3, 0.4) is 0 Å². The van der Waals surface area contributed by atoms with Crippen LogP contribution in [0.25, 0.3) is 11.1 Å². The molecule has 1 aliphatic heterocycles. The summed E-state index contributed by atoms with van der Waals surface area (Å²) >= 11 is 0. The molecule has 0 aromatic heterocycles. The summed E-state index contributed by atoms with van der Waals surface area (Å²) in [4.78, 5) is 23.2. The first-order chi connectivity index (χ1) is 22.3. The summed E-state index contributed by atoms with van der Waals surface area (Å²) in [5.41, 5.74) is 2.06. The molecule has 0 unspecified atom stereocenters. The number of alkyl halides is 6. The Labute approximate surface area is 274 Å². The maximum absolute atomic E-state index is 13.6. The van der Waals surface area contributed by atoms with Gasteiger partial charge in [0.15, 0.2) is 0 Å². The highest BCUT2D eigenvalue weighted by molar-refractivity contribution is 5.79. The summed E-state index contributed by atoms with van der Waals surface area (Å²) in [6.07, 6.45) is -5.05. The highest BCUT2D eigenvalue weighted by Crippen LogP contribution is 2.47. The predicted molar refractivity (Wildman–Crippen MR) is 166 cm³/mol. The molecule has 2 N–H and O–H groups in total. The van der Waals surface area contributed by atoms with Crippen molar-refractivity contribution in [3.8, 4) is 5.75 Å². The lowest BCUT2D eigenvalue weighted by Crippen LogP contribution is -2.35. The van der Waals surface area contributed by atoms with Crippen LogP contribution in [0.5, 0.6) is 5.75 Å². The summed E-state index contributed by atoms with van der Waals surface area (Å²) in [5, 5.41) is 13.9. The van der Waals surface area contributed by atoms with Gasteiger partial charge in [-0.15, -0.1) is 0 Å². The topological polar surface area (TPSA) is 96.3 Å². The number of ether oxygens (including phenoxy) is 2. The maximum Gasteiger partial charge on any atom is 0.503 e. The van der Waals surface area contributed by atoms with Gasteiger partial charge in [0.05, 0.1) is 24.3 Å². The Morgan fingerprint density at radius 3 is 2.17 bits per heavy atom. The van der Waals surface area contributed by atoms with Crippen LogP contribution in [0, 0.1) is 5.41 Å². The molecule has 0 spiro atoms. The van der Waals surface area contributed by atoms with Gasteiger partial charge in [-0.25, -0.2) is 9.59 Å². The molecule has 1 saturated heterocycles. The van der Waals surface area contributed by atoms with Crippen LogP contribution >= 0.6 is 0 Å². The van der Waals surface area contributed by atoms with Crippen molar-refractivity contribution >= 4 is 23.4 Å². The molecule has 1 fully saturated rings. The van der Waals surface area contributed by atoms with Crippen LogP contribution in [-0.2, 0) is 17.1 Å². The van der Waals surface area contributed by atoms with Crippen molar-refractivity contribution in [3.05, 3.63) is 75.9 Å². The number of amides is 1. The molecule has 1 heterocycles. The Balaban J connectivity index is 0.00000123. The van der Waals surface area contributed by atoms with Gasteiger partial charge in [0.25, 0.3) is 0 Å². The van der Waals surface area contributed by atoms with Crippen LogP contribution in [0.15, 0.2) is 48.0 Å². The minimum Gasteiger partial charge on any atom is -0.496 e. The molecule has 48 heavy (non-hydrogen) atoms. The number of nitrogens with zero attached hydrogens (tertiary/aromatic N) is 1. The Kier molecular flexibility index (Phi) is 10.8. The van der Waals surface area contributed by atoms with Gasteiger partial charge >= 0.3 is 24.6 Å². The van der Waals surface area contributed by atoms with E-state index in [0.717, 1.165) is 54.4 Å². The number of allylic oxidation sites excluding steroid dienone is 3. The smallest absolute Gasteiger partial charge is 0.496 e. The molecule has 2 aromatic carbocycles. The fourth-order valence-corrected chi connectivity index (χ4v) is 6.64. The van der Waals surface area contributed by atoms with Crippen molar-refractivity contribution < 1.29 is 55.6 Å². The molecular weight excluding hydrogens is 644 g/mol. The van der Waals surface area contributed by atoms with E-state index in [-0.39, 0.29) is 23.6 Å². The zero-order valence-corrected chi connectivity index (χ0v) is 27.1. The third-order valence-electron chi connectivity index (χ3n) is 9.05. The number of methoxy groups -OCH3 is 1. The number of hydrogen-bond donors (Lipinski definition) is 2. The normalized spacial score (nSPS) is 21.2. The number of benzene rings is 2. The first-order valence-electron chi connectivity index (χ1n) is 15.6. The molecule has 3 aliphatic rings. The van der Waals surface area contributed by atoms with E-state index >= 15 is 0 Å². The number of halogens is 6. The number of hydrogen-bond acceptors (Lipinski definition) is 4. The third-order valence-corrected chi connectivity index (χ3v) is 9.05. The molecule has 5 rings (SSSR count). The molecule has 13 heteroatoms. The van der Waals surface area contributed by atoms with Crippen LogP contribution in [0.4, 0.5) is 35.9 Å². The molecule has 7 nitrogen and oxygen atoms in total. The number of carbonyl (C=O) groups is 2. The second-order valence-electron chi connectivity index (χ2n) is 13.1. The van der Waals surface area contributed by atoms with Crippen LogP contribution in [-0.4, -0.2) is 47.1 Å². The molecule has 0 bridgehead atoms. The van der Waals surface area contributed by atoms with E-state index in [1.54, 1.807) is 14.0 Å². The van der Waals surface area contributed by atoms with E-state index in [2.05, 4.69) is 32.1 Å². The number of carbonyl (C=O) groups excluding carboxylic acids is 1. The summed E-state index contributed by atoms with van der Waals surface area (Å²) in [7, 11) is 1.61. The number of cyclic esters (lactones) is 1. The van der Waals surface area contributed by atoms with Crippen molar-refractivity contribution in [1.82, 2.24) is 4.90 Å². The second kappa shape index (κ2) is 14.1. The largest absolute Gasteiger partial charge is 0.503 e. The van der Waals surface area contributed by atoms with E-state index in [0.29, 0.717) is 24.3 Å². The lowest BCUT2D eigenvalue weighted by Gasteiger charge is -2.36. The van der Waals surface area contributed by atoms with E-state index in [9.17, 15) is 31.1 Å². The van der Waals surface area contributed by atoms with Crippen LogP contribution < -0.4 is 4.74 Å². The zero-order chi connectivity index (χ0) is 35.6. The van der Waals surface area contributed by atoms with E-state index in [4.69, 9.17) is 24.5 Å². The standard InChI is InChI=1S/C34H37F6NO3.CH2O3/c1-20-30(23-14-25(33(35,36)37)17-26(15-23)34(38,39)40)44-31(42)41(20)19-24-18-32(2,3)13-12-27(24)28-16-22(10-11-29(28)43-4)21-8-6-5-7-9-21;2-1(3)4/h8,10-11,14-17,20,30H,5-7,9,12-13,18-19H2,1-4H3;(H2,2,3,4)/t20-,30-;/m0./s1. The van der Waals surface area contributed by atoms with Crippen LogP contribution in [0.1, 0.15) is 99.6 Å². The fraction of sp³-hybridized carbons (Fsp3) is 0.486. The molecule has 2 atom stereocenters. The predicted octanol–water partition coefficient (Wildman–Crippen LogP) is 10.5. The van der Waals surface area contributed by atoms with Gasteiger partial charge in [-0.3, -0.25) is 4.90 Å². The molecular formula is C35H39F6NO6. The van der Waals surface area contributed by atoms with Gasteiger partial charge in [0, 0.05) is 12.1 Å². The quantitative estimate of drug-likeness (QED) is 0.294. The summed E-state index contributed by atoms with van der Waals surface area (Å²) in [5.74, 6) is 0.705. The number of rotatable bonds is 6. The second-order valence-corrected chi connectivity index (χ2v) is 13.1. The first kappa shape index (κ1) is 36.7. The van der Waals surface area contributed by atoms with E-state index in [1.165, 1.54) is 16.9 Å². The molecule has 2 aromatic rings. The SMILES string of the molecule is COc1ccc(C2=CCCCC2)cc1C1=C(CN2C(=O)O[C@H](c3cc(C(F)(F)F)cc(C(F)(F)F)c3)[C@@H]2C)CC(C)(C)CC1.O=C(O)O. The first-order valence-corrected chi connectivity index (χ1v) is 15.6. The minimum absolute atomic E-state index is 0.0782. The average Bonchev–Trinajstić information content (AvgIpc) is 3.28. The summed E-state index contributed by atoms with van der Waals surface area (Å²) in [6, 6.07) is 6.69. The zero-order valence-electron chi connectivity index (χ0n) is 27.1. The van der Waals surface area contributed by atoms with Crippen LogP contribution in [0.2, 0.25) is 0 Å². The monoisotopic (exact) mass is 683 g/mol. The van der Waals surface area contributed by atoms with Gasteiger partial charge in [-0.1, -0.05) is 26.0 Å². The van der Waals surface area contributed by atoms with Gasteiger partial charge in [-0.05, 0) is 115 Å². The average molecular weight is 684 g/mol. The Morgan fingerprint density at radius 2 is 1.62 bits per heavy atom. The molecule has 0 saturated carbocycles. The molecule has 0 radical (unpaired) electrons. The minimum atomic E-state index is -5.00. The van der Waals surface area contributed by atoms with Crippen molar-refractivity contribution in [3.63, 3.8) is 0 Å². The maximum atomic E-state index is 13.6. The summed E-state index contributed by atoms with van der Waals surface area (Å²) < 4.78 is 92.6.